The minimum Gasteiger partial charge on any atom is -0.469 e. The minimum absolute atomic E-state index is 0.0668. The number of aromatic nitrogens is 3. The number of benzene rings is 1. The van der Waals surface area contributed by atoms with Gasteiger partial charge in [0.1, 0.15) is 5.76 Å². The molecule has 1 aromatic carbocycles. The van der Waals surface area contributed by atoms with Crippen molar-refractivity contribution in [2.45, 2.75) is 37.7 Å². The van der Waals surface area contributed by atoms with E-state index in [9.17, 15) is 4.79 Å². The standard InChI is InChI=1S/C18H20N4O2S/c1-4-22-16(15-10-11-24-12(15)2)20-21-18(22)25-13(3)17(23)19-14-8-6-5-7-9-14/h5-11,13H,4H2,1-3H3,(H,19,23)/t13-/m0/s1. The van der Waals surface area contributed by atoms with Crippen molar-refractivity contribution < 1.29 is 9.21 Å². The number of nitrogens with one attached hydrogen (secondary N) is 1. The number of rotatable bonds is 6. The fraction of sp³-hybridized carbons (Fsp3) is 0.278. The zero-order valence-corrected chi connectivity index (χ0v) is 15.2. The molecule has 2 heterocycles. The summed E-state index contributed by atoms with van der Waals surface area (Å²) in [5.41, 5.74) is 1.70. The lowest BCUT2D eigenvalue weighted by molar-refractivity contribution is -0.115. The van der Waals surface area contributed by atoms with E-state index in [1.165, 1.54) is 11.8 Å². The molecule has 1 N–H and O–H groups in total. The van der Waals surface area contributed by atoms with Crippen LogP contribution in [0.25, 0.3) is 11.4 Å². The molecule has 0 saturated heterocycles. The lowest BCUT2D eigenvalue weighted by Crippen LogP contribution is -2.22. The van der Waals surface area contributed by atoms with E-state index in [1.807, 2.05) is 61.7 Å². The summed E-state index contributed by atoms with van der Waals surface area (Å²) in [6.07, 6.45) is 1.64. The van der Waals surface area contributed by atoms with Gasteiger partial charge in [-0.15, -0.1) is 10.2 Å². The van der Waals surface area contributed by atoms with Crippen LogP contribution in [-0.4, -0.2) is 25.9 Å². The van der Waals surface area contributed by atoms with Gasteiger partial charge >= 0.3 is 0 Å². The fourth-order valence-electron chi connectivity index (χ4n) is 2.45. The largest absolute Gasteiger partial charge is 0.469 e. The first kappa shape index (κ1) is 17.3. The summed E-state index contributed by atoms with van der Waals surface area (Å²) >= 11 is 1.39. The second-order valence-electron chi connectivity index (χ2n) is 5.56. The summed E-state index contributed by atoms with van der Waals surface area (Å²) in [6, 6.07) is 11.3. The molecule has 0 saturated carbocycles. The van der Waals surface area contributed by atoms with Crippen molar-refractivity contribution >= 4 is 23.4 Å². The number of thioether (sulfide) groups is 1. The van der Waals surface area contributed by atoms with Crippen molar-refractivity contribution in [3.05, 3.63) is 48.4 Å². The Morgan fingerprint density at radius 2 is 2.04 bits per heavy atom. The zero-order chi connectivity index (χ0) is 17.8. The Kier molecular flexibility index (Phi) is 5.23. The predicted molar refractivity (Wildman–Crippen MR) is 98.5 cm³/mol. The molecule has 0 aliphatic carbocycles. The molecular weight excluding hydrogens is 336 g/mol. The van der Waals surface area contributed by atoms with Crippen LogP contribution in [0.2, 0.25) is 0 Å². The second kappa shape index (κ2) is 7.57. The summed E-state index contributed by atoms with van der Waals surface area (Å²) in [5.74, 6) is 1.49. The molecule has 1 amide bonds. The van der Waals surface area contributed by atoms with Gasteiger partial charge in [-0.3, -0.25) is 4.79 Å². The van der Waals surface area contributed by atoms with Gasteiger partial charge in [0.25, 0.3) is 0 Å². The smallest absolute Gasteiger partial charge is 0.237 e. The number of aryl methyl sites for hydroxylation is 1. The number of hydrogen-bond acceptors (Lipinski definition) is 5. The van der Waals surface area contributed by atoms with Gasteiger partial charge in [-0.25, -0.2) is 0 Å². The van der Waals surface area contributed by atoms with Crippen LogP contribution in [-0.2, 0) is 11.3 Å². The molecule has 3 rings (SSSR count). The summed E-state index contributed by atoms with van der Waals surface area (Å²) < 4.78 is 7.36. The van der Waals surface area contributed by atoms with Crippen molar-refractivity contribution in [3.63, 3.8) is 0 Å². The normalized spacial score (nSPS) is 12.1. The first-order valence-corrected chi connectivity index (χ1v) is 8.98. The lowest BCUT2D eigenvalue weighted by Gasteiger charge is -2.12. The van der Waals surface area contributed by atoms with E-state index in [4.69, 9.17) is 4.42 Å². The zero-order valence-electron chi connectivity index (χ0n) is 14.4. The quantitative estimate of drug-likeness (QED) is 0.676. The van der Waals surface area contributed by atoms with Gasteiger partial charge < -0.3 is 14.3 Å². The van der Waals surface area contributed by atoms with Gasteiger partial charge in [-0.05, 0) is 39.0 Å². The molecule has 0 aliphatic heterocycles. The lowest BCUT2D eigenvalue weighted by atomic mass is 10.2. The molecule has 25 heavy (non-hydrogen) atoms. The Morgan fingerprint density at radius 1 is 1.28 bits per heavy atom. The fourth-order valence-corrected chi connectivity index (χ4v) is 3.37. The molecule has 7 heteroatoms. The van der Waals surface area contributed by atoms with E-state index in [2.05, 4.69) is 15.5 Å². The van der Waals surface area contributed by atoms with Crippen molar-refractivity contribution in [1.82, 2.24) is 14.8 Å². The van der Waals surface area contributed by atoms with Gasteiger partial charge in [0.15, 0.2) is 11.0 Å². The van der Waals surface area contributed by atoms with E-state index >= 15 is 0 Å². The maximum absolute atomic E-state index is 12.4. The summed E-state index contributed by atoms with van der Waals surface area (Å²) in [7, 11) is 0. The highest BCUT2D eigenvalue weighted by Gasteiger charge is 2.21. The first-order valence-electron chi connectivity index (χ1n) is 8.10. The van der Waals surface area contributed by atoms with Gasteiger partial charge in [0.05, 0.1) is 17.1 Å². The molecular formula is C18H20N4O2S. The molecule has 0 unspecified atom stereocenters. The van der Waals surface area contributed by atoms with Crippen LogP contribution in [0.3, 0.4) is 0 Å². The third-order valence-corrected chi connectivity index (χ3v) is 4.91. The highest BCUT2D eigenvalue weighted by Crippen LogP contribution is 2.29. The van der Waals surface area contributed by atoms with Gasteiger partial charge in [-0.2, -0.15) is 0 Å². The van der Waals surface area contributed by atoms with Crippen LogP contribution in [0.5, 0.6) is 0 Å². The van der Waals surface area contributed by atoms with E-state index in [1.54, 1.807) is 6.26 Å². The van der Waals surface area contributed by atoms with Crippen molar-refractivity contribution in [2.75, 3.05) is 5.32 Å². The third kappa shape index (κ3) is 3.76. The first-order chi connectivity index (χ1) is 12.1. The molecule has 1 atom stereocenters. The van der Waals surface area contributed by atoms with Crippen molar-refractivity contribution in [1.29, 1.82) is 0 Å². The van der Waals surface area contributed by atoms with Crippen LogP contribution >= 0.6 is 11.8 Å². The molecule has 0 aliphatic rings. The maximum atomic E-state index is 12.4. The predicted octanol–water partition coefficient (Wildman–Crippen LogP) is 3.99. The number of para-hydroxylation sites is 1. The van der Waals surface area contributed by atoms with E-state index in [-0.39, 0.29) is 11.2 Å². The van der Waals surface area contributed by atoms with Gasteiger partial charge in [0.2, 0.25) is 5.91 Å². The number of anilines is 1. The number of nitrogens with zero attached hydrogens (tertiary/aromatic N) is 3. The van der Waals surface area contributed by atoms with Gasteiger partial charge in [-0.1, -0.05) is 30.0 Å². The topological polar surface area (TPSA) is 73.0 Å². The Labute approximate surface area is 150 Å². The minimum atomic E-state index is -0.298. The number of carbonyl (C=O) groups is 1. The van der Waals surface area contributed by atoms with Crippen LogP contribution in [0.15, 0.2) is 52.2 Å². The third-order valence-electron chi connectivity index (χ3n) is 3.83. The molecule has 6 nitrogen and oxygen atoms in total. The summed E-state index contributed by atoms with van der Waals surface area (Å²) in [5, 5.41) is 11.9. The molecule has 0 fully saturated rings. The molecule has 0 spiro atoms. The maximum Gasteiger partial charge on any atom is 0.237 e. The van der Waals surface area contributed by atoms with Gasteiger partial charge in [0, 0.05) is 12.2 Å². The second-order valence-corrected chi connectivity index (χ2v) is 6.86. The van der Waals surface area contributed by atoms with Crippen LogP contribution in [0, 0.1) is 6.92 Å². The van der Waals surface area contributed by atoms with E-state index in [0.717, 1.165) is 22.8 Å². The Morgan fingerprint density at radius 3 is 2.68 bits per heavy atom. The number of amides is 1. The number of furan rings is 1. The Bertz CT molecular complexity index is 857. The van der Waals surface area contributed by atoms with Crippen LogP contribution < -0.4 is 5.32 Å². The Balaban J connectivity index is 1.75. The van der Waals surface area contributed by atoms with Crippen molar-refractivity contribution in [2.24, 2.45) is 0 Å². The van der Waals surface area contributed by atoms with Crippen molar-refractivity contribution in [3.8, 4) is 11.4 Å². The SMILES string of the molecule is CCn1c(S[C@@H](C)C(=O)Nc2ccccc2)nnc1-c1ccoc1C. The average Bonchev–Trinajstić information content (AvgIpc) is 3.21. The van der Waals surface area contributed by atoms with E-state index in [0.29, 0.717) is 11.7 Å². The number of carbonyl (C=O) groups excluding carboxylic acids is 1. The number of hydrogen-bond donors (Lipinski definition) is 1. The molecule has 130 valence electrons. The monoisotopic (exact) mass is 356 g/mol. The van der Waals surface area contributed by atoms with E-state index < -0.39 is 0 Å². The highest BCUT2D eigenvalue weighted by atomic mass is 32.2. The average molecular weight is 356 g/mol. The summed E-state index contributed by atoms with van der Waals surface area (Å²) in [4.78, 5) is 12.4. The van der Waals surface area contributed by atoms with Crippen LogP contribution in [0.4, 0.5) is 5.69 Å². The Hall–Kier alpha value is -2.54. The molecule has 0 bridgehead atoms. The van der Waals surface area contributed by atoms with Crippen LogP contribution in [0.1, 0.15) is 19.6 Å². The molecule has 2 aromatic heterocycles. The highest BCUT2D eigenvalue weighted by molar-refractivity contribution is 8.00. The molecule has 3 aromatic rings. The summed E-state index contributed by atoms with van der Waals surface area (Å²) in [6.45, 7) is 6.50. The molecule has 0 radical (unpaired) electrons.